The van der Waals surface area contributed by atoms with Crippen LogP contribution in [0.15, 0.2) is 67.0 Å². The van der Waals surface area contributed by atoms with Crippen LogP contribution in [0.5, 0.6) is 11.5 Å². The van der Waals surface area contributed by atoms with Gasteiger partial charge in [-0.15, -0.1) is 0 Å². The maximum atomic E-state index is 12.7. The number of ether oxygens (including phenoxy) is 4. The van der Waals surface area contributed by atoms with Gasteiger partial charge in [0.15, 0.2) is 5.92 Å². The van der Waals surface area contributed by atoms with Crippen molar-refractivity contribution in [2.24, 2.45) is 5.41 Å². The first kappa shape index (κ1) is 41.6. The molecule has 0 radical (unpaired) electrons. The van der Waals surface area contributed by atoms with E-state index in [1.807, 2.05) is 70.1 Å². The minimum absolute atomic E-state index is 0. The summed E-state index contributed by atoms with van der Waals surface area (Å²) in [4.78, 5) is 32.2. The fraction of sp³-hybridized carbons (Fsp3) is 0.439. The number of aromatic nitrogens is 2. The van der Waals surface area contributed by atoms with Crippen molar-refractivity contribution in [3.63, 3.8) is 0 Å². The van der Waals surface area contributed by atoms with Gasteiger partial charge in [-0.1, -0.05) is 29.3 Å². The third-order valence-electron chi connectivity index (χ3n) is 9.84. The van der Waals surface area contributed by atoms with Crippen molar-refractivity contribution in [2.75, 3.05) is 50.9 Å². The van der Waals surface area contributed by atoms with E-state index >= 15 is 0 Å². The second-order valence-corrected chi connectivity index (χ2v) is 15.7. The van der Waals surface area contributed by atoms with E-state index in [0.29, 0.717) is 60.0 Å². The zero-order valence-corrected chi connectivity index (χ0v) is 34.8. The molecule has 290 valence electrons. The van der Waals surface area contributed by atoms with Crippen LogP contribution < -0.4 is 35.9 Å². The number of esters is 1. The highest BCUT2D eigenvalue weighted by atomic mass is 79.9. The van der Waals surface area contributed by atoms with Gasteiger partial charge < -0.3 is 45.7 Å². The van der Waals surface area contributed by atoms with Gasteiger partial charge in [-0.3, -0.25) is 9.59 Å². The van der Waals surface area contributed by atoms with Gasteiger partial charge in [0.2, 0.25) is 11.7 Å². The number of nitrogens with one attached hydrogen (secondary N) is 1. The van der Waals surface area contributed by atoms with Gasteiger partial charge in [-0.05, 0) is 106 Å². The van der Waals surface area contributed by atoms with Gasteiger partial charge in [0.1, 0.15) is 37.0 Å². The van der Waals surface area contributed by atoms with Crippen molar-refractivity contribution in [1.82, 2.24) is 9.88 Å². The number of aryl methyl sites for hydroxylation is 2. The van der Waals surface area contributed by atoms with Crippen LogP contribution in [0.3, 0.4) is 0 Å². The first-order chi connectivity index (χ1) is 25.2. The van der Waals surface area contributed by atoms with Gasteiger partial charge in [0.25, 0.3) is 5.82 Å². The molecule has 2 fully saturated rings. The Morgan fingerprint density at radius 2 is 1.61 bits per heavy atom. The van der Waals surface area contributed by atoms with Gasteiger partial charge in [-0.25, -0.2) is 9.55 Å². The quantitative estimate of drug-likeness (QED) is 0.144. The van der Waals surface area contributed by atoms with Crippen LogP contribution in [0.4, 0.5) is 5.69 Å². The molecule has 0 aliphatic carbocycles. The minimum atomic E-state index is -1.29. The van der Waals surface area contributed by atoms with Crippen LogP contribution in [0, 0.1) is 19.3 Å². The number of rotatable bonds is 10. The summed E-state index contributed by atoms with van der Waals surface area (Å²) < 4.78 is 27.9. The van der Waals surface area contributed by atoms with Crippen LogP contribution in [0.1, 0.15) is 68.1 Å². The molecular weight excluding hydrogens is 795 g/mol. The summed E-state index contributed by atoms with van der Waals surface area (Å²) >= 11 is 13.3. The van der Waals surface area contributed by atoms with Crippen LogP contribution in [0.25, 0.3) is 0 Å². The third-order valence-corrected chi connectivity index (χ3v) is 10.4. The van der Waals surface area contributed by atoms with Crippen LogP contribution in [0.2, 0.25) is 10.0 Å². The highest BCUT2D eigenvalue weighted by Crippen LogP contribution is 2.46. The second-order valence-electron chi connectivity index (χ2n) is 14.9. The number of imidazole rings is 1. The van der Waals surface area contributed by atoms with Crippen molar-refractivity contribution in [1.29, 1.82) is 0 Å². The first-order valence-electron chi connectivity index (χ1n) is 18.1. The summed E-state index contributed by atoms with van der Waals surface area (Å²) in [5, 5.41) is 0.945. The Bertz CT molecular complexity index is 1910. The van der Waals surface area contributed by atoms with E-state index in [-0.39, 0.29) is 35.5 Å². The number of piperazine rings is 1. The second kappa shape index (κ2) is 17.5. The largest absolute Gasteiger partial charge is 1.00 e. The number of anilines is 1. The Morgan fingerprint density at radius 1 is 0.963 bits per heavy atom. The Kier molecular flexibility index (Phi) is 13.4. The average molecular weight is 845 g/mol. The fourth-order valence-corrected chi connectivity index (χ4v) is 7.53. The maximum absolute atomic E-state index is 12.7. The number of benzene rings is 3. The molecule has 13 heteroatoms. The van der Waals surface area contributed by atoms with E-state index in [2.05, 4.69) is 38.7 Å². The molecule has 1 N–H and O–H groups in total. The maximum Gasteiger partial charge on any atom is 0.316 e. The Labute approximate surface area is 338 Å². The number of H-pyrrole nitrogens is 1. The number of nitrogens with zero attached hydrogens (tertiary/aromatic N) is 3. The summed E-state index contributed by atoms with van der Waals surface area (Å²) in [5.41, 5.74) is 3.91. The standard InChI is InChI=1S/C41H48Cl2N4O6.BrH/c1-27-22-30(23-28(2)37(27)53-39(49)40(4,5)6)25-47-15-14-44-38(47)35(41(51-20-7-21-52-41)34-13-8-31(42)24-36(34)43)26-50-33-11-9-32(10-12-33)46-18-16-45(17-19-46)29(3)48;/h8-15,22-24,35H,7,16-21,25-26H2,1-6H3;1H. The molecule has 0 saturated carbocycles. The SMILES string of the molecule is CC(=O)N1CCN(c2ccc(OCC(c3[nH]cc[n+]3Cc3cc(C)c(OC(=O)C(C)(C)C)c(C)c3)C3(c4ccc(Cl)cc4Cl)OCCCO3)cc2)CC1.[Br-]. The number of carbonyl (C=O) groups excluding carboxylic acids is 2. The molecule has 54 heavy (non-hydrogen) atoms. The molecule has 6 rings (SSSR count). The van der Waals surface area contributed by atoms with E-state index in [4.69, 9.17) is 42.1 Å². The van der Waals surface area contributed by atoms with Crippen molar-refractivity contribution < 1.29 is 50.1 Å². The van der Waals surface area contributed by atoms with Crippen molar-refractivity contribution in [3.8, 4) is 11.5 Å². The van der Waals surface area contributed by atoms with Crippen molar-refractivity contribution in [3.05, 3.63) is 105 Å². The Hall–Kier alpha value is -3.61. The molecule has 10 nitrogen and oxygen atoms in total. The molecule has 2 aliphatic rings. The van der Waals surface area contributed by atoms with Gasteiger partial charge in [-0.2, -0.15) is 0 Å². The summed E-state index contributed by atoms with van der Waals surface area (Å²) in [5.74, 6) is 0.128. The van der Waals surface area contributed by atoms with E-state index < -0.39 is 17.1 Å². The zero-order valence-electron chi connectivity index (χ0n) is 31.7. The van der Waals surface area contributed by atoms with Crippen LogP contribution in [-0.4, -0.2) is 67.8 Å². The topological polar surface area (TPSA) is 97.2 Å². The molecule has 4 aromatic rings. The van der Waals surface area contributed by atoms with Gasteiger partial charge >= 0.3 is 5.97 Å². The molecule has 0 bridgehead atoms. The molecule has 0 spiro atoms. The summed E-state index contributed by atoms with van der Waals surface area (Å²) in [7, 11) is 0. The molecular formula is C41H49BrCl2N4O6. The average Bonchev–Trinajstić information content (AvgIpc) is 3.57. The summed E-state index contributed by atoms with van der Waals surface area (Å²) in [6.45, 7) is 15.7. The van der Waals surface area contributed by atoms with Crippen molar-refractivity contribution in [2.45, 2.75) is 66.2 Å². The molecule has 1 atom stereocenters. The Balaban J connectivity index is 0.00000561. The molecule has 1 amide bonds. The third kappa shape index (κ3) is 9.25. The highest BCUT2D eigenvalue weighted by Gasteiger charge is 2.51. The molecule has 2 aliphatic heterocycles. The minimum Gasteiger partial charge on any atom is -1.00 e. The lowest BCUT2D eigenvalue weighted by Crippen LogP contribution is -3.00. The number of aromatic amines is 1. The number of hydrogen-bond acceptors (Lipinski definition) is 7. The van der Waals surface area contributed by atoms with Crippen molar-refractivity contribution >= 4 is 40.8 Å². The number of halogens is 3. The molecule has 1 aromatic heterocycles. The number of amides is 1. The number of carbonyl (C=O) groups is 2. The normalized spacial score (nSPS) is 16.4. The zero-order chi connectivity index (χ0) is 37.9. The monoisotopic (exact) mass is 842 g/mol. The predicted molar refractivity (Wildman–Crippen MR) is 205 cm³/mol. The van der Waals surface area contributed by atoms with E-state index in [1.54, 1.807) is 19.1 Å². The van der Waals surface area contributed by atoms with E-state index in [9.17, 15) is 9.59 Å². The first-order valence-corrected chi connectivity index (χ1v) is 18.9. The summed E-state index contributed by atoms with van der Waals surface area (Å²) in [6, 6.07) is 17.5. The van der Waals surface area contributed by atoms with Gasteiger partial charge in [0, 0.05) is 49.4 Å². The van der Waals surface area contributed by atoms with E-state index in [0.717, 1.165) is 47.7 Å². The van der Waals surface area contributed by atoms with Crippen LogP contribution in [-0.2, 0) is 31.4 Å². The molecule has 3 heterocycles. The number of hydrogen-bond donors (Lipinski definition) is 1. The lowest BCUT2D eigenvalue weighted by Gasteiger charge is -2.41. The predicted octanol–water partition coefficient (Wildman–Crippen LogP) is 4.35. The molecule has 1 unspecified atom stereocenters. The lowest BCUT2D eigenvalue weighted by atomic mass is 9.89. The fourth-order valence-electron chi connectivity index (χ4n) is 6.99. The van der Waals surface area contributed by atoms with E-state index in [1.165, 1.54) is 0 Å². The smallest absolute Gasteiger partial charge is 0.316 e. The highest BCUT2D eigenvalue weighted by molar-refractivity contribution is 6.35. The van der Waals surface area contributed by atoms with Crippen LogP contribution >= 0.6 is 23.2 Å². The molecule has 3 aromatic carbocycles. The van der Waals surface area contributed by atoms with Gasteiger partial charge in [0.05, 0.1) is 23.7 Å². The lowest BCUT2D eigenvalue weighted by molar-refractivity contribution is -0.697. The summed E-state index contributed by atoms with van der Waals surface area (Å²) in [6.07, 6.45) is 4.61. The molecule has 2 saturated heterocycles. The Morgan fingerprint density at radius 3 is 2.20 bits per heavy atom.